The van der Waals surface area contributed by atoms with Gasteiger partial charge in [0.2, 0.25) is 5.95 Å². The number of aliphatic hydroxyl groups is 1. The third-order valence-electron chi connectivity index (χ3n) is 3.35. The van der Waals surface area contributed by atoms with Gasteiger partial charge < -0.3 is 20.5 Å². The lowest BCUT2D eigenvalue weighted by Gasteiger charge is -2.12. The predicted molar refractivity (Wildman–Crippen MR) is 91.4 cm³/mol. The number of para-hydroxylation sites is 1. The molecule has 0 saturated heterocycles. The number of methoxy groups -OCH3 is 1. The lowest BCUT2D eigenvalue weighted by atomic mass is 10.2. The van der Waals surface area contributed by atoms with Crippen molar-refractivity contribution < 1.29 is 9.84 Å². The highest BCUT2D eigenvalue weighted by Gasteiger charge is 2.07. The fourth-order valence-electron chi connectivity index (χ4n) is 2.23. The van der Waals surface area contributed by atoms with Gasteiger partial charge >= 0.3 is 0 Å². The number of aliphatic hydroxyl groups excluding tert-OH is 1. The van der Waals surface area contributed by atoms with Crippen LogP contribution in [0.3, 0.4) is 0 Å². The van der Waals surface area contributed by atoms with Crippen molar-refractivity contribution in [2.45, 2.75) is 0 Å². The molecule has 0 atom stereocenters. The molecule has 0 aliphatic carbocycles. The molecular weight excluding hydrogens is 292 g/mol. The first-order chi connectivity index (χ1) is 11.3. The summed E-state index contributed by atoms with van der Waals surface area (Å²) < 4.78 is 5.17. The summed E-state index contributed by atoms with van der Waals surface area (Å²) in [6.07, 6.45) is 0. The molecule has 0 bridgehead atoms. The van der Waals surface area contributed by atoms with E-state index in [9.17, 15) is 0 Å². The van der Waals surface area contributed by atoms with Crippen LogP contribution in [0.2, 0.25) is 0 Å². The first kappa shape index (κ1) is 15.1. The van der Waals surface area contributed by atoms with E-state index < -0.39 is 0 Å². The molecule has 0 aliphatic heterocycles. The van der Waals surface area contributed by atoms with Crippen LogP contribution in [0.15, 0.2) is 48.5 Å². The number of fused-ring (bicyclic) bond motifs is 1. The molecule has 0 unspecified atom stereocenters. The number of hydrogen-bond donors (Lipinski definition) is 3. The largest absolute Gasteiger partial charge is 0.497 e. The van der Waals surface area contributed by atoms with Gasteiger partial charge in [-0.2, -0.15) is 4.98 Å². The molecule has 0 amide bonds. The van der Waals surface area contributed by atoms with Crippen molar-refractivity contribution in [3.05, 3.63) is 48.5 Å². The molecule has 6 nitrogen and oxygen atoms in total. The van der Waals surface area contributed by atoms with Gasteiger partial charge in [0.05, 0.1) is 19.2 Å². The molecule has 0 aliphatic rings. The van der Waals surface area contributed by atoms with Gasteiger partial charge in [0, 0.05) is 17.6 Å². The molecule has 0 spiro atoms. The minimum Gasteiger partial charge on any atom is -0.497 e. The van der Waals surface area contributed by atoms with E-state index in [1.807, 2.05) is 48.5 Å². The van der Waals surface area contributed by atoms with E-state index in [2.05, 4.69) is 20.6 Å². The minimum atomic E-state index is 0.0252. The molecule has 3 rings (SSSR count). The zero-order valence-electron chi connectivity index (χ0n) is 12.8. The maximum atomic E-state index is 8.95. The van der Waals surface area contributed by atoms with Gasteiger partial charge in [-0.1, -0.05) is 12.1 Å². The quantitative estimate of drug-likeness (QED) is 0.650. The van der Waals surface area contributed by atoms with Crippen LogP contribution in [0.1, 0.15) is 0 Å². The van der Waals surface area contributed by atoms with Crippen LogP contribution in [0.25, 0.3) is 10.9 Å². The van der Waals surface area contributed by atoms with Gasteiger partial charge in [0.15, 0.2) is 0 Å². The number of nitrogens with zero attached hydrogens (tertiary/aromatic N) is 2. The normalized spacial score (nSPS) is 10.5. The Balaban J connectivity index is 1.96. The third-order valence-corrected chi connectivity index (χ3v) is 3.35. The molecule has 6 heteroatoms. The number of nitrogens with one attached hydrogen (secondary N) is 2. The van der Waals surface area contributed by atoms with Crippen LogP contribution >= 0.6 is 0 Å². The molecule has 2 aromatic carbocycles. The molecule has 0 fully saturated rings. The van der Waals surface area contributed by atoms with E-state index >= 15 is 0 Å². The van der Waals surface area contributed by atoms with Crippen molar-refractivity contribution in [3.8, 4) is 5.75 Å². The molecule has 0 radical (unpaired) electrons. The van der Waals surface area contributed by atoms with Crippen molar-refractivity contribution >= 4 is 28.4 Å². The second kappa shape index (κ2) is 6.93. The number of aromatic nitrogens is 2. The first-order valence-electron chi connectivity index (χ1n) is 7.33. The lowest BCUT2D eigenvalue weighted by Crippen LogP contribution is -2.09. The van der Waals surface area contributed by atoms with E-state index in [0.717, 1.165) is 22.3 Å². The van der Waals surface area contributed by atoms with E-state index in [0.29, 0.717) is 18.3 Å². The van der Waals surface area contributed by atoms with Crippen molar-refractivity contribution in [3.63, 3.8) is 0 Å². The minimum absolute atomic E-state index is 0.0252. The number of benzene rings is 2. The second-order valence-electron chi connectivity index (χ2n) is 4.92. The monoisotopic (exact) mass is 310 g/mol. The molecule has 1 heterocycles. The van der Waals surface area contributed by atoms with Crippen LogP contribution in [0.5, 0.6) is 5.75 Å². The summed E-state index contributed by atoms with van der Waals surface area (Å²) in [7, 11) is 1.64. The topological polar surface area (TPSA) is 79.3 Å². The summed E-state index contributed by atoms with van der Waals surface area (Å²) >= 11 is 0. The maximum absolute atomic E-state index is 8.95. The highest BCUT2D eigenvalue weighted by atomic mass is 16.5. The number of rotatable bonds is 6. The Kier molecular flexibility index (Phi) is 4.54. The summed E-state index contributed by atoms with van der Waals surface area (Å²) in [5.41, 5.74) is 1.74. The van der Waals surface area contributed by atoms with E-state index in [1.54, 1.807) is 7.11 Å². The summed E-state index contributed by atoms with van der Waals surface area (Å²) in [6, 6.07) is 15.4. The average molecular weight is 310 g/mol. The number of ether oxygens (including phenoxy) is 1. The Morgan fingerprint density at radius 2 is 1.83 bits per heavy atom. The molecule has 3 N–H and O–H groups in total. The fraction of sp³-hybridized carbons (Fsp3) is 0.176. The number of hydrogen-bond acceptors (Lipinski definition) is 6. The van der Waals surface area contributed by atoms with Crippen molar-refractivity contribution in [1.82, 2.24) is 9.97 Å². The SMILES string of the molecule is COc1ccc(Nc2nc(NCCO)nc3ccccc23)cc1. The molecular formula is C17H18N4O2. The van der Waals surface area contributed by atoms with E-state index in [4.69, 9.17) is 9.84 Å². The van der Waals surface area contributed by atoms with Crippen molar-refractivity contribution in [2.75, 3.05) is 30.9 Å². The van der Waals surface area contributed by atoms with Gasteiger partial charge in [0.25, 0.3) is 0 Å². The summed E-state index contributed by atoms with van der Waals surface area (Å²) in [6.45, 7) is 0.428. The molecule has 1 aromatic heterocycles. The summed E-state index contributed by atoms with van der Waals surface area (Å²) in [5, 5.41) is 16.2. The van der Waals surface area contributed by atoms with Gasteiger partial charge in [-0.05, 0) is 36.4 Å². The Morgan fingerprint density at radius 1 is 1.04 bits per heavy atom. The standard InChI is InChI=1S/C17H18N4O2/c1-23-13-8-6-12(7-9-13)19-16-14-4-2-3-5-15(14)20-17(21-16)18-10-11-22/h2-9,22H,10-11H2,1H3,(H2,18,19,20,21). The Labute approximate surface area is 134 Å². The zero-order valence-corrected chi connectivity index (χ0v) is 12.8. The number of anilines is 3. The Bertz CT molecular complexity index is 790. The van der Waals surface area contributed by atoms with Crippen molar-refractivity contribution in [1.29, 1.82) is 0 Å². The zero-order chi connectivity index (χ0) is 16.1. The van der Waals surface area contributed by atoms with Crippen LogP contribution in [0, 0.1) is 0 Å². The molecule has 118 valence electrons. The molecule has 3 aromatic rings. The van der Waals surface area contributed by atoms with Gasteiger partial charge in [0.1, 0.15) is 11.6 Å². The first-order valence-corrected chi connectivity index (χ1v) is 7.33. The predicted octanol–water partition coefficient (Wildman–Crippen LogP) is 2.79. The van der Waals surface area contributed by atoms with Gasteiger partial charge in [-0.15, -0.1) is 0 Å². The van der Waals surface area contributed by atoms with Gasteiger partial charge in [-0.3, -0.25) is 0 Å². The highest BCUT2D eigenvalue weighted by Crippen LogP contribution is 2.26. The average Bonchev–Trinajstić information content (AvgIpc) is 2.60. The second-order valence-corrected chi connectivity index (χ2v) is 4.92. The fourth-order valence-corrected chi connectivity index (χ4v) is 2.23. The molecule has 23 heavy (non-hydrogen) atoms. The third kappa shape index (κ3) is 3.49. The van der Waals surface area contributed by atoms with Crippen LogP contribution < -0.4 is 15.4 Å². The van der Waals surface area contributed by atoms with Crippen LogP contribution in [0.4, 0.5) is 17.5 Å². The van der Waals surface area contributed by atoms with E-state index in [1.165, 1.54) is 0 Å². The summed E-state index contributed by atoms with van der Waals surface area (Å²) in [4.78, 5) is 8.95. The Morgan fingerprint density at radius 3 is 2.57 bits per heavy atom. The van der Waals surface area contributed by atoms with Gasteiger partial charge in [-0.25, -0.2) is 4.98 Å². The Hall–Kier alpha value is -2.86. The van der Waals surface area contributed by atoms with Crippen molar-refractivity contribution in [2.24, 2.45) is 0 Å². The smallest absolute Gasteiger partial charge is 0.225 e. The lowest BCUT2D eigenvalue weighted by molar-refractivity contribution is 0.311. The summed E-state index contributed by atoms with van der Waals surface area (Å²) in [5.74, 6) is 1.99. The maximum Gasteiger partial charge on any atom is 0.225 e. The highest BCUT2D eigenvalue weighted by molar-refractivity contribution is 5.91. The van der Waals surface area contributed by atoms with E-state index in [-0.39, 0.29) is 6.61 Å². The molecule has 0 saturated carbocycles. The van der Waals surface area contributed by atoms with Crippen LogP contribution in [-0.2, 0) is 0 Å². The van der Waals surface area contributed by atoms with Crippen LogP contribution in [-0.4, -0.2) is 35.3 Å².